The zero-order valence-electron chi connectivity index (χ0n) is 11.6. The van der Waals surface area contributed by atoms with Crippen molar-refractivity contribution < 1.29 is 13.9 Å². The van der Waals surface area contributed by atoms with Gasteiger partial charge in [-0.15, -0.1) is 0 Å². The molecule has 0 fully saturated rings. The molecule has 0 saturated heterocycles. The van der Waals surface area contributed by atoms with Gasteiger partial charge in [0.25, 0.3) is 0 Å². The minimum atomic E-state index is -0.465. The fourth-order valence-electron chi connectivity index (χ4n) is 2.18. The van der Waals surface area contributed by atoms with Gasteiger partial charge in [-0.3, -0.25) is 0 Å². The summed E-state index contributed by atoms with van der Waals surface area (Å²) in [5, 5.41) is 2.02. The Morgan fingerprint density at radius 3 is 2.55 bits per heavy atom. The van der Waals surface area contributed by atoms with Crippen LogP contribution in [0, 0.1) is 5.82 Å². The summed E-state index contributed by atoms with van der Waals surface area (Å²) in [6.07, 6.45) is 0. The Labute approximate surface area is 135 Å². The summed E-state index contributed by atoms with van der Waals surface area (Å²) in [4.78, 5) is 12.1. The Morgan fingerprint density at radius 1 is 1.00 bits per heavy atom. The van der Waals surface area contributed by atoms with E-state index < -0.39 is 11.8 Å². The number of hydrogen-bond donors (Lipinski definition) is 0. The van der Waals surface area contributed by atoms with Crippen LogP contribution in [-0.2, 0) is 11.3 Å². The van der Waals surface area contributed by atoms with Crippen molar-refractivity contribution in [3.05, 3.63) is 82.1 Å². The Morgan fingerprint density at radius 2 is 1.77 bits per heavy atom. The lowest BCUT2D eigenvalue weighted by atomic mass is 10.1. The van der Waals surface area contributed by atoms with Crippen LogP contribution in [0.2, 0.25) is 0 Å². The first-order valence-electron chi connectivity index (χ1n) is 6.73. The number of ether oxygens (including phenoxy) is 1. The number of halogens is 2. The summed E-state index contributed by atoms with van der Waals surface area (Å²) in [6, 6.07) is 17.8. The summed E-state index contributed by atoms with van der Waals surface area (Å²) in [7, 11) is 0. The molecule has 0 saturated carbocycles. The molecule has 0 aliphatic heterocycles. The van der Waals surface area contributed by atoms with Gasteiger partial charge in [0.1, 0.15) is 12.4 Å². The van der Waals surface area contributed by atoms with E-state index in [9.17, 15) is 9.18 Å². The highest BCUT2D eigenvalue weighted by atomic mass is 79.9. The molecule has 22 heavy (non-hydrogen) atoms. The van der Waals surface area contributed by atoms with Crippen molar-refractivity contribution in [1.29, 1.82) is 0 Å². The van der Waals surface area contributed by atoms with Gasteiger partial charge in [0, 0.05) is 10.0 Å². The number of carbonyl (C=O) groups excluding carboxylic acids is 1. The van der Waals surface area contributed by atoms with Crippen LogP contribution in [0.15, 0.2) is 65.1 Å². The molecule has 0 unspecified atom stereocenters. The second-order valence-corrected chi connectivity index (χ2v) is 5.79. The molecular formula is C18H12BrFO2. The number of rotatable bonds is 3. The van der Waals surface area contributed by atoms with Gasteiger partial charge in [-0.2, -0.15) is 0 Å². The molecule has 0 amide bonds. The summed E-state index contributed by atoms with van der Waals surface area (Å²) in [5.41, 5.74) is 0.800. The van der Waals surface area contributed by atoms with Gasteiger partial charge < -0.3 is 4.74 Å². The lowest BCUT2D eigenvalue weighted by Crippen LogP contribution is -2.06. The van der Waals surface area contributed by atoms with Crippen LogP contribution in [0.5, 0.6) is 0 Å². The summed E-state index contributed by atoms with van der Waals surface area (Å²) in [6.45, 7) is -0.0925. The molecule has 0 heterocycles. The number of carbonyl (C=O) groups is 1. The third-order valence-electron chi connectivity index (χ3n) is 3.36. The van der Waals surface area contributed by atoms with Gasteiger partial charge in [0.15, 0.2) is 0 Å². The minimum absolute atomic E-state index is 0.0925. The highest BCUT2D eigenvalue weighted by molar-refractivity contribution is 9.10. The Balaban J connectivity index is 1.75. The fourth-order valence-corrected chi connectivity index (χ4v) is 2.51. The fraction of sp³-hybridized carbons (Fsp3) is 0.0556. The van der Waals surface area contributed by atoms with Crippen LogP contribution in [0.1, 0.15) is 15.9 Å². The van der Waals surface area contributed by atoms with E-state index in [1.165, 1.54) is 6.07 Å². The van der Waals surface area contributed by atoms with Gasteiger partial charge in [-0.05, 0) is 35.0 Å². The van der Waals surface area contributed by atoms with Crippen LogP contribution in [0.3, 0.4) is 0 Å². The highest BCUT2D eigenvalue weighted by Crippen LogP contribution is 2.18. The maximum atomic E-state index is 13.7. The Bertz CT molecular complexity index is 845. The molecule has 3 aromatic rings. The third kappa shape index (κ3) is 3.17. The van der Waals surface area contributed by atoms with Crippen LogP contribution in [-0.4, -0.2) is 5.97 Å². The van der Waals surface area contributed by atoms with Crippen LogP contribution in [0.25, 0.3) is 10.8 Å². The highest BCUT2D eigenvalue weighted by Gasteiger charge is 2.10. The molecule has 0 aliphatic carbocycles. The van der Waals surface area contributed by atoms with Crippen LogP contribution in [0.4, 0.5) is 4.39 Å². The molecule has 0 spiro atoms. The lowest BCUT2D eigenvalue weighted by molar-refractivity contribution is 0.0469. The van der Waals surface area contributed by atoms with Gasteiger partial charge >= 0.3 is 5.97 Å². The summed E-state index contributed by atoms with van der Waals surface area (Å²) in [5.74, 6) is -0.867. The van der Waals surface area contributed by atoms with E-state index in [0.29, 0.717) is 15.6 Å². The van der Waals surface area contributed by atoms with E-state index in [0.717, 1.165) is 10.8 Å². The molecule has 0 atom stereocenters. The van der Waals surface area contributed by atoms with Crippen molar-refractivity contribution in [3.63, 3.8) is 0 Å². The molecule has 0 radical (unpaired) electrons. The van der Waals surface area contributed by atoms with Crippen molar-refractivity contribution >= 4 is 32.7 Å². The van der Waals surface area contributed by atoms with Crippen molar-refractivity contribution in [1.82, 2.24) is 0 Å². The SMILES string of the molecule is O=C(OCc1ccc(Br)cc1F)c1ccc2ccccc2c1. The zero-order valence-corrected chi connectivity index (χ0v) is 13.1. The molecule has 0 aromatic heterocycles. The van der Waals surface area contributed by atoms with E-state index in [1.807, 2.05) is 30.3 Å². The molecule has 3 rings (SSSR count). The number of benzene rings is 3. The third-order valence-corrected chi connectivity index (χ3v) is 3.85. The first-order chi connectivity index (χ1) is 10.6. The molecular weight excluding hydrogens is 347 g/mol. The van der Waals surface area contributed by atoms with Gasteiger partial charge in [-0.25, -0.2) is 9.18 Å². The Hall–Kier alpha value is -2.20. The van der Waals surface area contributed by atoms with Crippen LogP contribution < -0.4 is 0 Å². The van der Waals surface area contributed by atoms with Crippen molar-refractivity contribution in [3.8, 4) is 0 Å². The van der Waals surface area contributed by atoms with E-state index in [-0.39, 0.29) is 6.61 Å². The Kier molecular flexibility index (Phi) is 4.20. The van der Waals surface area contributed by atoms with Crippen molar-refractivity contribution in [2.45, 2.75) is 6.61 Å². The van der Waals surface area contributed by atoms with Gasteiger partial charge in [-0.1, -0.05) is 52.3 Å². The van der Waals surface area contributed by atoms with Gasteiger partial charge in [0.05, 0.1) is 5.56 Å². The smallest absolute Gasteiger partial charge is 0.338 e. The van der Waals surface area contributed by atoms with E-state index in [4.69, 9.17) is 4.74 Å². The first-order valence-corrected chi connectivity index (χ1v) is 7.52. The number of esters is 1. The first kappa shape index (κ1) is 14.7. The zero-order chi connectivity index (χ0) is 15.5. The van der Waals surface area contributed by atoms with Crippen molar-refractivity contribution in [2.75, 3.05) is 0 Å². The average Bonchev–Trinajstić information content (AvgIpc) is 2.53. The molecule has 0 bridgehead atoms. The summed E-state index contributed by atoms with van der Waals surface area (Å²) < 4.78 is 19.5. The molecule has 3 aromatic carbocycles. The maximum Gasteiger partial charge on any atom is 0.338 e. The predicted molar refractivity (Wildman–Crippen MR) is 87.2 cm³/mol. The van der Waals surface area contributed by atoms with E-state index in [2.05, 4.69) is 15.9 Å². The van der Waals surface area contributed by atoms with E-state index >= 15 is 0 Å². The molecule has 0 aliphatic rings. The predicted octanol–water partition coefficient (Wildman–Crippen LogP) is 5.10. The maximum absolute atomic E-state index is 13.7. The standard InChI is InChI=1S/C18H12BrFO2/c19-16-8-7-15(17(20)10-16)11-22-18(21)14-6-5-12-3-1-2-4-13(12)9-14/h1-10H,11H2. The quantitative estimate of drug-likeness (QED) is 0.609. The monoisotopic (exact) mass is 358 g/mol. The molecule has 4 heteroatoms. The molecule has 0 N–H and O–H groups in total. The molecule has 2 nitrogen and oxygen atoms in total. The number of fused-ring (bicyclic) bond motifs is 1. The topological polar surface area (TPSA) is 26.3 Å². The van der Waals surface area contributed by atoms with Gasteiger partial charge in [0.2, 0.25) is 0 Å². The minimum Gasteiger partial charge on any atom is -0.457 e. The number of hydrogen-bond acceptors (Lipinski definition) is 2. The van der Waals surface area contributed by atoms with Crippen LogP contribution >= 0.6 is 15.9 Å². The van der Waals surface area contributed by atoms with E-state index in [1.54, 1.807) is 24.3 Å². The second-order valence-electron chi connectivity index (χ2n) is 4.87. The summed E-state index contributed by atoms with van der Waals surface area (Å²) >= 11 is 3.19. The lowest BCUT2D eigenvalue weighted by Gasteiger charge is -2.07. The van der Waals surface area contributed by atoms with Crippen molar-refractivity contribution in [2.24, 2.45) is 0 Å². The normalized spacial score (nSPS) is 10.6. The molecule has 110 valence electrons. The average molecular weight is 359 g/mol. The largest absolute Gasteiger partial charge is 0.457 e. The second kappa shape index (κ2) is 6.28.